The fourth-order valence-corrected chi connectivity index (χ4v) is 1.98. The number of rotatable bonds is 4. The summed E-state index contributed by atoms with van der Waals surface area (Å²) in [5.74, 6) is 0.848. The maximum absolute atomic E-state index is 12.0. The minimum Gasteiger partial charge on any atom is -0.493 e. The maximum Gasteiger partial charge on any atom is 0.229 e. The van der Waals surface area contributed by atoms with Crippen molar-refractivity contribution in [3.8, 4) is 11.5 Å². The molecule has 0 bridgehead atoms. The number of nitrogen functional groups attached to an aromatic ring is 1. The number of nitrogens with one attached hydrogen (secondary N) is 1. The van der Waals surface area contributed by atoms with E-state index in [-0.39, 0.29) is 11.8 Å². The first-order valence-electron chi connectivity index (χ1n) is 6.05. The number of ether oxygens (including phenoxy) is 3. The minimum atomic E-state index is -0.118. The molecule has 0 saturated carbocycles. The zero-order valence-electron chi connectivity index (χ0n) is 11.1. The highest BCUT2D eigenvalue weighted by Crippen LogP contribution is 2.35. The molecule has 19 heavy (non-hydrogen) atoms. The van der Waals surface area contributed by atoms with E-state index in [0.29, 0.717) is 36.1 Å². The predicted molar refractivity (Wildman–Crippen MR) is 71.5 cm³/mol. The van der Waals surface area contributed by atoms with Gasteiger partial charge in [-0.05, 0) is 6.42 Å². The Bertz CT molecular complexity index is 470. The van der Waals surface area contributed by atoms with Crippen LogP contribution in [0.5, 0.6) is 11.5 Å². The van der Waals surface area contributed by atoms with Gasteiger partial charge in [0.1, 0.15) is 0 Å². The van der Waals surface area contributed by atoms with Gasteiger partial charge in [0, 0.05) is 18.7 Å². The average Bonchev–Trinajstić information content (AvgIpc) is 2.94. The molecule has 104 valence electrons. The number of methoxy groups -OCH3 is 2. The summed E-state index contributed by atoms with van der Waals surface area (Å²) in [6.45, 7) is 1.08. The molecule has 0 aliphatic carbocycles. The smallest absolute Gasteiger partial charge is 0.229 e. The quantitative estimate of drug-likeness (QED) is 0.802. The summed E-state index contributed by atoms with van der Waals surface area (Å²) in [5, 5.41) is 2.80. The standard InChI is InChI=1S/C13H18N2O4/c1-17-11-5-9(14)10(6-12(11)18-2)15-13(16)8-3-4-19-7-8/h5-6,8H,3-4,7,14H2,1-2H3,(H,15,16). The molecule has 1 atom stereocenters. The van der Waals surface area contributed by atoms with Gasteiger partial charge < -0.3 is 25.3 Å². The van der Waals surface area contributed by atoms with Crippen molar-refractivity contribution < 1.29 is 19.0 Å². The van der Waals surface area contributed by atoms with Crippen LogP contribution in [0.2, 0.25) is 0 Å². The number of amides is 1. The summed E-state index contributed by atoms with van der Waals surface area (Å²) in [4.78, 5) is 12.0. The van der Waals surface area contributed by atoms with Crippen LogP contribution in [-0.2, 0) is 9.53 Å². The molecule has 1 amide bonds. The van der Waals surface area contributed by atoms with E-state index in [1.165, 1.54) is 14.2 Å². The van der Waals surface area contributed by atoms with Crippen molar-refractivity contribution in [2.45, 2.75) is 6.42 Å². The number of hydrogen-bond acceptors (Lipinski definition) is 5. The Kier molecular flexibility index (Phi) is 4.11. The summed E-state index contributed by atoms with van der Waals surface area (Å²) >= 11 is 0. The molecule has 1 heterocycles. The fourth-order valence-electron chi connectivity index (χ4n) is 1.98. The van der Waals surface area contributed by atoms with Crippen molar-refractivity contribution >= 4 is 17.3 Å². The topological polar surface area (TPSA) is 82.8 Å². The molecule has 6 heteroatoms. The van der Waals surface area contributed by atoms with Crippen LogP contribution in [0, 0.1) is 5.92 Å². The molecule has 1 aliphatic heterocycles. The summed E-state index contributed by atoms with van der Waals surface area (Å²) in [6, 6.07) is 3.28. The summed E-state index contributed by atoms with van der Waals surface area (Å²) < 4.78 is 15.5. The first-order chi connectivity index (χ1) is 9.15. The number of benzene rings is 1. The van der Waals surface area contributed by atoms with Gasteiger partial charge in [-0.25, -0.2) is 0 Å². The van der Waals surface area contributed by atoms with Gasteiger partial charge in [-0.1, -0.05) is 0 Å². The number of nitrogens with two attached hydrogens (primary N) is 1. The van der Waals surface area contributed by atoms with Crippen LogP contribution in [0.25, 0.3) is 0 Å². The van der Waals surface area contributed by atoms with Crippen LogP contribution in [0.3, 0.4) is 0 Å². The molecule has 0 radical (unpaired) electrons. The Hall–Kier alpha value is -1.95. The summed E-state index contributed by atoms with van der Waals surface area (Å²) in [5.41, 5.74) is 6.84. The van der Waals surface area contributed by atoms with Gasteiger partial charge in [-0.3, -0.25) is 4.79 Å². The van der Waals surface area contributed by atoms with E-state index >= 15 is 0 Å². The van der Waals surface area contributed by atoms with Crippen molar-refractivity contribution in [3.63, 3.8) is 0 Å². The van der Waals surface area contributed by atoms with Crippen molar-refractivity contribution in [1.82, 2.24) is 0 Å². The lowest BCUT2D eigenvalue weighted by Gasteiger charge is -2.14. The van der Waals surface area contributed by atoms with E-state index in [1.807, 2.05) is 0 Å². The molecular weight excluding hydrogens is 248 g/mol. The molecule has 1 saturated heterocycles. The van der Waals surface area contributed by atoms with Crippen molar-refractivity contribution in [1.29, 1.82) is 0 Å². The third kappa shape index (κ3) is 2.90. The minimum absolute atomic E-state index is 0.0866. The number of anilines is 2. The lowest BCUT2D eigenvalue weighted by atomic mass is 10.1. The van der Waals surface area contributed by atoms with E-state index in [1.54, 1.807) is 12.1 Å². The summed E-state index contributed by atoms with van der Waals surface area (Å²) in [6.07, 6.45) is 0.735. The SMILES string of the molecule is COc1cc(N)c(NC(=O)C2CCOC2)cc1OC. The zero-order valence-corrected chi connectivity index (χ0v) is 11.1. The van der Waals surface area contributed by atoms with Crippen LogP contribution < -0.4 is 20.5 Å². The highest BCUT2D eigenvalue weighted by Gasteiger charge is 2.24. The summed E-state index contributed by atoms with van der Waals surface area (Å²) in [7, 11) is 3.07. The van der Waals surface area contributed by atoms with Crippen molar-refractivity contribution in [2.24, 2.45) is 5.92 Å². The first kappa shape index (κ1) is 13.5. The molecule has 6 nitrogen and oxygen atoms in total. The monoisotopic (exact) mass is 266 g/mol. The Morgan fingerprint density at radius 2 is 2.05 bits per heavy atom. The molecule has 1 aliphatic rings. The maximum atomic E-state index is 12.0. The number of hydrogen-bond donors (Lipinski definition) is 2. The van der Waals surface area contributed by atoms with Crippen molar-refractivity contribution in [2.75, 3.05) is 38.5 Å². The van der Waals surface area contributed by atoms with Crippen LogP contribution >= 0.6 is 0 Å². The Labute approximate surface area is 111 Å². The highest BCUT2D eigenvalue weighted by molar-refractivity contribution is 5.96. The molecule has 0 spiro atoms. The van der Waals surface area contributed by atoms with Gasteiger partial charge >= 0.3 is 0 Å². The molecule has 1 aromatic carbocycles. The second-order valence-electron chi connectivity index (χ2n) is 4.34. The van der Waals surface area contributed by atoms with Crippen molar-refractivity contribution in [3.05, 3.63) is 12.1 Å². The van der Waals surface area contributed by atoms with Gasteiger partial charge in [0.2, 0.25) is 5.91 Å². The highest BCUT2D eigenvalue weighted by atomic mass is 16.5. The lowest BCUT2D eigenvalue weighted by Crippen LogP contribution is -2.23. The molecule has 0 aromatic heterocycles. The zero-order chi connectivity index (χ0) is 13.8. The fraction of sp³-hybridized carbons (Fsp3) is 0.462. The second kappa shape index (κ2) is 5.79. The van der Waals surface area contributed by atoms with E-state index in [0.717, 1.165) is 6.42 Å². The molecule has 1 fully saturated rings. The lowest BCUT2D eigenvalue weighted by molar-refractivity contribution is -0.119. The predicted octanol–water partition coefficient (Wildman–Crippen LogP) is 1.26. The second-order valence-corrected chi connectivity index (χ2v) is 4.34. The van der Waals surface area contributed by atoms with Crippen LogP contribution in [0.4, 0.5) is 11.4 Å². The third-order valence-corrected chi connectivity index (χ3v) is 3.11. The van der Waals surface area contributed by atoms with Gasteiger partial charge in [0.05, 0.1) is 38.1 Å². The Balaban J connectivity index is 2.17. The van der Waals surface area contributed by atoms with Crippen LogP contribution in [-0.4, -0.2) is 33.3 Å². The van der Waals surface area contributed by atoms with Crippen LogP contribution in [0.15, 0.2) is 12.1 Å². The average molecular weight is 266 g/mol. The number of carbonyl (C=O) groups excluding carboxylic acids is 1. The van der Waals surface area contributed by atoms with Gasteiger partial charge in [0.25, 0.3) is 0 Å². The largest absolute Gasteiger partial charge is 0.493 e. The Morgan fingerprint density at radius 1 is 1.37 bits per heavy atom. The molecular formula is C13H18N2O4. The Morgan fingerprint density at radius 3 is 2.63 bits per heavy atom. The van der Waals surface area contributed by atoms with Gasteiger partial charge in [-0.2, -0.15) is 0 Å². The molecule has 3 N–H and O–H groups in total. The molecule has 1 unspecified atom stereocenters. The van der Waals surface area contributed by atoms with E-state index in [9.17, 15) is 4.79 Å². The van der Waals surface area contributed by atoms with E-state index in [2.05, 4.69) is 5.32 Å². The molecule has 1 aromatic rings. The molecule has 2 rings (SSSR count). The third-order valence-electron chi connectivity index (χ3n) is 3.11. The number of carbonyl (C=O) groups is 1. The first-order valence-corrected chi connectivity index (χ1v) is 6.05. The van der Waals surface area contributed by atoms with Gasteiger partial charge in [-0.15, -0.1) is 0 Å². The van der Waals surface area contributed by atoms with Gasteiger partial charge in [0.15, 0.2) is 11.5 Å². The normalized spacial score (nSPS) is 18.1. The van der Waals surface area contributed by atoms with Crippen LogP contribution in [0.1, 0.15) is 6.42 Å². The van der Waals surface area contributed by atoms with E-state index in [4.69, 9.17) is 19.9 Å². The van der Waals surface area contributed by atoms with E-state index < -0.39 is 0 Å².